The lowest BCUT2D eigenvalue weighted by Crippen LogP contribution is -2.58. The first-order chi connectivity index (χ1) is 5.70. The minimum Gasteiger partial charge on any atom is -0.394 e. The summed E-state index contributed by atoms with van der Waals surface area (Å²) in [5.74, 6) is 0. The van der Waals surface area contributed by atoms with E-state index in [0.29, 0.717) is 13.0 Å². The van der Waals surface area contributed by atoms with E-state index in [2.05, 4.69) is 0 Å². The monoisotopic (exact) mass is 170 g/mol. The molecule has 1 spiro atoms. The van der Waals surface area contributed by atoms with E-state index >= 15 is 0 Å². The maximum Gasteiger partial charge on any atom is 0.116 e. The highest BCUT2D eigenvalue weighted by Gasteiger charge is 2.58. The van der Waals surface area contributed by atoms with Gasteiger partial charge in [0, 0.05) is 12.4 Å². The number of rotatable bonds is 1. The topological polar surface area (TPSA) is 58.9 Å². The van der Waals surface area contributed by atoms with Crippen molar-refractivity contribution >= 4 is 7.85 Å². The SMILES string of the molecule is [B][C@@H]1O[C@H](CO)C(O)C12CCO2. The lowest BCUT2D eigenvalue weighted by molar-refractivity contribution is -0.194. The molecule has 12 heavy (non-hydrogen) atoms. The van der Waals surface area contributed by atoms with Crippen LogP contribution in [-0.2, 0) is 9.47 Å². The molecule has 0 aromatic heterocycles. The number of hydrogen-bond donors (Lipinski definition) is 2. The van der Waals surface area contributed by atoms with Gasteiger partial charge in [-0.3, -0.25) is 0 Å². The van der Waals surface area contributed by atoms with Crippen LogP contribution in [0.5, 0.6) is 0 Å². The Morgan fingerprint density at radius 1 is 1.58 bits per heavy atom. The van der Waals surface area contributed by atoms with Crippen LogP contribution in [0, 0.1) is 0 Å². The molecule has 2 fully saturated rings. The minimum atomic E-state index is -0.800. The molecule has 0 saturated carbocycles. The normalized spacial score (nSPS) is 52.7. The van der Waals surface area contributed by atoms with Crippen LogP contribution in [0.3, 0.4) is 0 Å². The highest BCUT2D eigenvalue weighted by atomic mass is 16.6. The Morgan fingerprint density at radius 2 is 2.25 bits per heavy atom. The molecule has 0 aromatic carbocycles. The molecule has 66 valence electrons. The molecule has 2 N–H and O–H groups in total. The molecule has 0 bridgehead atoms. The van der Waals surface area contributed by atoms with E-state index in [1.807, 2.05) is 0 Å². The number of aliphatic hydroxyl groups excluding tert-OH is 2. The van der Waals surface area contributed by atoms with E-state index in [9.17, 15) is 5.11 Å². The van der Waals surface area contributed by atoms with Gasteiger partial charge in [0.25, 0.3) is 0 Å². The predicted molar refractivity (Wildman–Crippen MR) is 40.8 cm³/mol. The van der Waals surface area contributed by atoms with Crippen LogP contribution in [0.2, 0.25) is 0 Å². The third-order valence-electron chi connectivity index (χ3n) is 2.70. The number of ether oxygens (including phenoxy) is 2. The van der Waals surface area contributed by atoms with E-state index in [1.165, 1.54) is 0 Å². The summed E-state index contributed by atoms with van der Waals surface area (Å²) in [6, 6.07) is -0.613. The summed E-state index contributed by atoms with van der Waals surface area (Å²) < 4.78 is 10.4. The van der Waals surface area contributed by atoms with Crippen molar-refractivity contribution in [3.63, 3.8) is 0 Å². The quantitative estimate of drug-likeness (QED) is 0.465. The molecular formula is C7H11BO4. The summed E-state index contributed by atoms with van der Waals surface area (Å²) in [5.41, 5.74) is -0.743. The number of hydrogen-bond acceptors (Lipinski definition) is 4. The second kappa shape index (κ2) is 2.70. The first-order valence-electron chi connectivity index (χ1n) is 4.04. The fourth-order valence-corrected chi connectivity index (χ4v) is 1.80. The van der Waals surface area contributed by atoms with Crippen LogP contribution in [0.25, 0.3) is 0 Å². The molecule has 2 unspecified atom stereocenters. The Morgan fingerprint density at radius 3 is 2.50 bits per heavy atom. The van der Waals surface area contributed by atoms with Crippen LogP contribution >= 0.6 is 0 Å². The molecule has 2 saturated heterocycles. The van der Waals surface area contributed by atoms with Crippen LogP contribution in [-0.4, -0.2) is 55.1 Å². The van der Waals surface area contributed by atoms with E-state index in [4.69, 9.17) is 22.4 Å². The summed E-state index contributed by atoms with van der Waals surface area (Å²) in [6.45, 7) is 0.381. The largest absolute Gasteiger partial charge is 0.394 e. The zero-order chi connectivity index (χ0) is 8.77. The first-order valence-corrected chi connectivity index (χ1v) is 4.04. The molecule has 2 aliphatic heterocycles. The third-order valence-corrected chi connectivity index (χ3v) is 2.70. The van der Waals surface area contributed by atoms with Crippen molar-refractivity contribution in [3.05, 3.63) is 0 Å². The van der Waals surface area contributed by atoms with Gasteiger partial charge in [0.05, 0.1) is 13.2 Å². The third kappa shape index (κ3) is 0.878. The molecule has 2 heterocycles. The lowest BCUT2D eigenvalue weighted by Gasteiger charge is -2.43. The summed E-state index contributed by atoms with van der Waals surface area (Å²) in [6.07, 6.45) is -0.696. The molecule has 0 amide bonds. The van der Waals surface area contributed by atoms with E-state index < -0.39 is 23.8 Å². The fourth-order valence-electron chi connectivity index (χ4n) is 1.80. The molecular weight excluding hydrogens is 159 g/mol. The average molecular weight is 170 g/mol. The predicted octanol–water partition coefficient (Wildman–Crippen LogP) is -1.61. The van der Waals surface area contributed by atoms with Crippen molar-refractivity contribution in [3.8, 4) is 0 Å². The molecule has 5 heteroatoms. The van der Waals surface area contributed by atoms with Gasteiger partial charge in [0.2, 0.25) is 0 Å². The summed E-state index contributed by atoms with van der Waals surface area (Å²) >= 11 is 0. The van der Waals surface area contributed by atoms with Crippen molar-refractivity contribution in [2.24, 2.45) is 0 Å². The minimum absolute atomic E-state index is 0.222. The van der Waals surface area contributed by atoms with E-state index in [0.717, 1.165) is 0 Å². The molecule has 2 aliphatic rings. The van der Waals surface area contributed by atoms with Crippen LogP contribution in [0.15, 0.2) is 0 Å². The highest BCUT2D eigenvalue weighted by Crippen LogP contribution is 2.41. The average Bonchev–Trinajstić information content (AvgIpc) is 2.21. The van der Waals surface area contributed by atoms with Crippen LogP contribution < -0.4 is 0 Å². The molecule has 2 radical (unpaired) electrons. The second-order valence-corrected chi connectivity index (χ2v) is 3.28. The Kier molecular flexibility index (Phi) is 1.91. The Balaban J connectivity index is 2.14. The molecule has 4 nitrogen and oxygen atoms in total. The van der Waals surface area contributed by atoms with E-state index in [-0.39, 0.29) is 6.61 Å². The van der Waals surface area contributed by atoms with Crippen molar-refractivity contribution < 1.29 is 19.7 Å². The summed E-state index contributed by atoms with van der Waals surface area (Å²) in [7, 11) is 5.61. The molecule has 0 aliphatic carbocycles. The second-order valence-electron chi connectivity index (χ2n) is 3.28. The zero-order valence-corrected chi connectivity index (χ0v) is 6.64. The van der Waals surface area contributed by atoms with Gasteiger partial charge in [-0.05, 0) is 0 Å². The first kappa shape index (κ1) is 8.50. The maximum absolute atomic E-state index is 9.64. The molecule has 4 atom stereocenters. The Labute approximate surface area is 71.9 Å². The van der Waals surface area contributed by atoms with Crippen molar-refractivity contribution in [2.45, 2.75) is 30.2 Å². The van der Waals surface area contributed by atoms with Gasteiger partial charge in [-0.15, -0.1) is 0 Å². The van der Waals surface area contributed by atoms with Gasteiger partial charge in [-0.2, -0.15) is 0 Å². The highest BCUT2D eigenvalue weighted by molar-refractivity contribution is 6.12. The summed E-state index contributed by atoms with van der Waals surface area (Å²) in [4.78, 5) is 0. The van der Waals surface area contributed by atoms with Crippen molar-refractivity contribution in [2.75, 3.05) is 13.2 Å². The van der Waals surface area contributed by atoms with Crippen molar-refractivity contribution in [1.82, 2.24) is 0 Å². The Hall–Kier alpha value is -0.0951. The Bertz CT molecular complexity index is 182. The molecule has 2 rings (SSSR count). The summed E-state index contributed by atoms with van der Waals surface area (Å²) in [5, 5.41) is 18.4. The maximum atomic E-state index is 9.64. The standard InChI is InChI=1S/C7H11BO4/c8-6-7(1-2-11-7)5(10)4(3-9)12-6/h4-6,9-10H,1-3H2/t4-,5?,6-,7?/m1/s1. The number of aliphatic hydroxyl groups is 2. The molecule has 0 aromatic rings. The zero-order valence-electron chi connectivity index (χ0n) is 6.64. The van der Waals surface area contributed by atoms with Crippen molar-refractivity contribution in [1.29, 1.82) is 0 Å². The smallest absolute Gasteiger partial charge is 0.116 e. The fraction of sp³-hybridized carbons (Fsp3) is 1.00. The van der Waals surface area contributed by atoms with Crippen LogP contribution in [0.1, 0.15) is 6.42 Å². The van der Waals surface area contributed by atoms with Gasteiger partial charge in [-0.1, -0.05) is 0 Å². The van der Waals surface area contributed by atoms with Crippen LogP contribution in [0.4, 0.5) is 0 Å². The van der Waals surface area contributed by atoms with E-state index in [1.54, 1.807) is 0 Å². The van der Waals surface area contributed by atoms with Gasteiger partial charge in [0.15, 0.2) is 0 Å². The lowest BCUT2D eigenvalue weighted by atomic mass is 9.75. The van der Waals surface area contributed by atoms with Gasteiger partial charge in [-0.25, -0.2) is 0 Å². The van der Waals surface area contributed by atoms with Gasteiger partial charge >= 0.3 is 0 Å². The van der Waals surface area contributed by atoms with Gasteiger partial charge in [0.1, 0.15) is 25.7 Å². The van der Waals surface area contributed by atoms with Gasteiger partial charge < -0.3 is 19.7 Å².